The van der Waals surface area contributed by atoms with E-state index in [9.17, 15) is 17.6 Å². The van der Waals surface area contributed by atoms with E-state index >= 15 is 0 Å². The molecule has 1 aromatic rings. The number of rotatable bonds is 2. The second-order valence-electron chi connectivity index (χ2n) is 5.30. The fourth-order valence-electron chi connectivity index (χ4n) is 2.71. The van der Waals surface area contributed by atoms with Gasteiger partial charge < -0.3 is 0 Å². The van der Waals surface area contributed by atoms with Crippen molar-refractivity contribution in [3.05, 3.63) is 47.8 Å². The summed E-state index contributed by atoms with van der Waals surface area (Å²) >= 11 is 0. The number of hydrogen-bond acceptors (Lipinski definition) is 0. The standard InChI is InChI=1S/C14H14F4/c1-4-9-12(13(9,2)3)8-5-6-11(15)10(7-8)14(16,17)18/h4-7,9,12H,1H2,2-3H3. The van der Waals surface area contributed by atoms with Gasteiger partial charge in [0.15, 0.2) is 0 Å². The number of hydrogen-bond donors (Lipinski definition) is 0. The van der Waals surface area contributed by atoms with Gasteiger partial charge in [-0.05, 0) is 34.9 Å². The van der Waals surface area contributed by atoms with E-state index < -0.39 is 17.6 Å². The first-order chi connectivity index (χ1) is 8.19. The van der Waals surface area contributed by atoms with Crippen molar-refractivity contribution < 1.29 is 17.6 Å². The van der Waals surface area contributed by atoms with Crippen LogP contribution < -0.4 is 0 Å². The molecular formula is C14H14F4. The molecule has 2 atom stereocenters. The fourth-order valence-corrected chi connectivity index (χ4v) is 2.71. The predicted octanol–water partition coefficient (Wildman–Crippen LogP) is 4.77. The van der Waals surface area contributed by atoms with Crippen LogP contribution in [0.25, 0.3) is 0 Å². The Bertz CT molecular complexity index is 485. The highest BCUT2D eigenvalue weighted by Gasteiger charge is 2.56. The van der Waals surface area contributed by atoms with Crippen LogP contribution in [0.15, 0.2) is 30.9 Å². The molecule has 0 nitrogen and oxygen atoms in total. The molecule has 1 aromatic carbocycles. The largest absolute Gasteiger partial charge is 0.419 e. The molecule has 98 valence electrons. The molecule has 0 radical (unpaired) electrons. The minimum absolute atomic E-state index is 0.0169. The number of benzene rings is 1. The summed E-state index contributed by atoms with van der Waals surface area (Å²) in [6.07, 6.45) is -2.90. The third-order valence-corrected chi connectivity index (χ3v) is 3.82. The zero-order valence-corrected chi connectivity index (χ0v) is 10.2. The zero-order chi connectivity index (χ0) is 13.7. The Morgan fingerprint density at radius 2 is 1.89 bits per heavy atom. The van der Waals surface area contributed by atoms with Crippen molar-refractivity contribution in [3.8, 4) is 0 Å². The summed E-state index contributed by atoms with van der Waals surface area (Å²) in [5.41, 5.74) is -0.772. The molecule has 1 aliphatic carbocycles. The molecule has 1 fully saturated rings. The van der Waals surface area contributed by atoms with Crippen LogP contribution in [-0.2, 0) is 6.18 Å². The number of alkyl halides is 3. The van der Waals surface area contributed by atoms with Gasteiger partial charge in [0.05, 0.1) is 5.56 Å². The van der Waals surface area contributed by atoms with Gasteiger partial charge in [-0.1, -0.05) is 26.0 Å². The van der Waals surface area contributed by atoms with E-state index in [1.165, 1.54) is 6.07 Å². The lowest BCUT2D eigenvalue weighted by Gasteiger charge is -2.10. The maximum absolute atomic E-state index is 13.2. The SMILES string of the molecule is C=CC1C(c2ccc(F)c(C(F)(F)F)c2)C1(C)C. The van der Waals surface area contributed by atoms with E-state index in [2.05, 4.69) is 6.58 Å². The highest BCUT2D eigenvalue weighted by Crippen LogP contribution is 2.65. The van der Waals surface area contributed by atoms with Crippen molar-refractivity contribution in [3.63, 3.8) is 0 Å². The molecule has 0 saturated heterocycles. The number of halogens is 4. The molecule has 0 heterocycles. The molecule has 1 saturated carbocycles. The summed E-state index contributed by atoms with van der Waals surface area (Å²) < 4.78 is 51.1. The van der Waals surface area contributed by atoms with E-state index in [0.29, 0.717) is 5.56 Å². The summed E-state index contributed by atoms with van der Waals surface area (Å²) in [6, 6.07) is 3.25. The molecule has 2 rings (SSSR count). The van der Waals surface area contributed by atoms with Gasteiger partial charge in [0, 0.05) is 0 Å². The third-order valence-electron chi connectivity index (χ3n) is 3.82. The Labute approximate surface area is 103 Å². The molecule has 1 aliphatic rings. The minimum Gasteiger partial charge on any atom is -0.206 e. The van der Waals surface area contributed by atoms with Gasteiger partial charge in [-0.15, -0.1) is 6.58 Å². The van der Waals surface area contributed by atoms with Gasteiger partial charge in [-0.3, -0.25) is 0 Å². The lowest BCUT2D eigenvalue weighted by atomic mass is 10.0. The van der Waals surface area contributed by atoms with Crippen LogP contribution in [-0.4, -0.2) is 0 Å². The van der Waals surface area contributed by atoms with E-state index in [4.69, 9.17) is 0 Å². The Morgan fingerprint density at radius 3 is 2.33 bits per heavy atom. The molecule has 0 spiro atoms. The second-order valence-corrected chi connectivity index (χ2v) is 5.30. The molecular weight excluding hydrogens is 244 g/mol. The van der Waals surface area contributed by atoms with Crippen LogP contribution in [0, 0.1) is 17.2 Å². The molecule has 0 aromatic heterocycles. The normalized spacial score (nSPS) is 25.9. The van der Waals surface area contributed by atoms with Crippen molar-refractivity contribution in [2.24, 2.45) is 11.3 Å². The molecule has 0 amide bonds. The average Bonchev–Trinajstić information content (AvgIpc) is 2.79. The van der Waals surface area contributed by atoms with Crippen LogP contribution in [0.3, 0.4) is 0 Å². The van der Waals surface area contributed by atoms with Crippen molar-refractivity contribution in [1.29, 1.82) is 0 Å². The smallest absolute Gasteiger partial charge is 0.206 e. The lowest BCUT2D eigenvalue weighted by Crippen LogP contribution is -2.09. The topological polar surface area (TPSA) is 0 Å². The Morgan fingerprint density at radius 1 is 1.28 bits per heavy atom. The van der Waals surface area contributed by atoms with Crippen LogP contribution in [0.5, 0.6) is 0 Å². The summed E-state index contributed by atoms with van der Waals surface area (Å²) in [7, 11) is 0. The monoisotopic (exact) mass is 258 g/mol. The molecule has 2 unspecified atom stereocenters. The summed E-state index contributed by atoms with van der Waals surface area (Å²) in [4.78, 5) is 0. The van der Waals surface area contributed by atoms with Crippen molar-refractivity contribution in [1.82, 2.24) is 0 Å². The predicted molar refractivity (Wildman–Crippen MR) is 61.6 cm³/mol. The van der Waals surface area contributed by atoms with Crippen molar-refractivity contribution in [2.75, 3.05) is 0 Å². The lowest BCUT2D eigenvalue weighted by molar-refractivity contribution is -0.140. The summed E-state index contributed by atoms with van der Waals surface area (Å²) in [5, 5.41) is 0. The highest BCUT2D eigenvalue weighted by atomic mass is 19.4. The maximum Gasteiger partial charge on any atom is 0.419 e. The average molecular weight is 258 g/mol. The van der Waals surface area contributed by atoms with Crippen molar-refractivity contribution >= 4 is 0 Å². The maximum atomic E-state index is 13.2. The van der Waals surface area contributed by atoms with Crippen LogP contribution in [0.2, 0.25) is 0 Å². The van der Waals surface area contributed by atoms with Crippen LogP contribution >= 0.6 is 0 Å². The van der Waals surface area contributed by atoms with E-state index in [0.717, 1.165) is 12.1 Å². The molecule has 0 aliphatic heterocycles. The van der Waals surface area contributed by atoms with Gasteiger partial charge in [0.1, 0.15) is 5.82 Å². The van der Waals surface area contributed by atoms with Gasteiger partial charge in [-0.2, -0.15) is 13.2 Å². The molecule has 4 heteroatoms. The van der Waals surface area contributed by atoms with Gasteiger partial charge >= 0.3 is 6.18 Å². The summed E-state index contributed by atoms with van der Waals surface area (Å²) in [6.45, 7) is 7.63. The Hall–Kier alpha value is -1.32. The van der Waals surface area contributed by atoms with E-state index in [-0.39, 0.29) is 17.3 Å². The van der Waals surface area contributed by atoms with Crippen LogP contribution in [0.4, 0.5) is 17.6 Å². The van der Waals surface area contributed by atoms with Gasteiger partial charge in [0.2, 0.25) is 0 Å². The summed E-state index contributed by atoms with van der Waals surface area (Å²) in [5.74, 6) is -1.10. The number of allylic oxidation sites excluding steroid dienone is 1. The zero-order valence-electron chi connectivity index (χ0n) is 10.2. The Kier molecular flexibility index (Phi) is 2.80. The second kappa shape index (κ2) is 3.84. The molecule has 0 bridgehead atoms. The van der Waals surface area contributed by atoms with Gasteiger partial charge in [-0.25, -0.2) is 4.39 Å². The fraction of sp³-hybridized carbons (Fsp3) is 0.429. The quantitative estimate of drug-likeness (QED) is 0.529. The highest BCUT2D eigenvalue weighted by molar-refractivity contribution is 5.38. The molecule has 18 heavy (non-hydrogen) atoms. The first kappa shape index (κ1) is 13.1. The van der Waals surface area contributed by atoms with Crippen molar-refractivity contribution in [2.45, 2.75) is 25.9 Å². The van der Waals surface area contributed by atoms with E-state index in [1.807, 2.05) is 13.8 Å². The first-order valence-corrected chi connectivity index (χ1v) is 5.68. The van der Waals surface area contributed by atoms with Gasteiger partial charge in [0.25, 0.3) is 0 Å². The molecule has 0 N–H and O–H groups in total. The first-order valence-electron chi connectivity index (χ1n) is 5.68. The Balaban J connectivity index is 2.41. The van der Waals surface area contributed by atoms with E-state index in [1.54, 1.807) is 6.08 Å². The minimum atomic E-state index is -4.65. The third kappa shape index (κ3) is 1.93. The van der Waals surface area contributed by atoms with Crippen LogP contribution in [0.1, 0.15) is 30.9 Å².